The third kappa shape index (κ3) is 3.22. The topological polar surface area (TPSA) is 99.6 Å². The molecule has 0 unspecified atom stereocenters. The lowest BCUT2D eigenvalue weighted by molar-refractivity contribution is -0.130. The van der Waals surface area contributed by atoms with Crippen LogP contribution in [0.3, 0.4) is 0 Å². The molecule has 0 bridgehead atoms. The highest BCUT2D eigenvalue weighted by molar-refractivity contribution is 8.00. The summed E-state index contributed by atoms with van der Waals surface area (Å²) in [6.45, 7) is -0.0835. The maximum absolute atomic E-state index is 11.8. The van der Waals surface area contributed by atoms with Crippen molar-refractivity contribution < 1.29 is 19.5 Å². The van der Waals surface area contributed by atoms with Gasteiger partial charge in [-0.25, -0.2) is 4.79 Å². The van der Waals surface area contributed by atoms with E-state index in [4.69, 9.17) is 5.11 Å². The lowest BCUT2D eigenvalue weighted by Gasteiger charge is -2.14. The smallest absolute Gasteiger partial charge is 0.337 e. The first-order valence-electron chi connectivity index (χ1n) is 5.40. The summed E-state index contributed by atoms with van der Waals surface area (Å²) in [6, 6.07) is 1.30. The number of carboxylic acids is 1. The number of nitrogens with one attached hydrogen (secondary N) is 1. The molecule has 1 aromatic rings. The molecule has 1 aliphatic heterocycles. The lowest BCUT2D eigenvalue weighted by Crippen LogP contribution is -2.34. The number of anilines is 1. The number of hydrogen-bond acceptors (Lipinski definition) is 5. The predicted molar refractivity (Wildman–Crippen MR) is 68.9 cm³/mol. The molecular formula is C11H11N3O4S. The van der Waals surface area contributed by atoms with Crippen LogP contribution in [-0.2, 0) is 9.59 Å². The Hall–Kier alpha value is -2.09. The Bertz CT molecular complexity index is 534. The zero-order chi connectivity index (χ0) is 13.8. The van der Waals surface area contributed by atoms with Gasteiger partial charge in [-0.05, 0) is 6.07 Å². The van der Waals surface area contributed by atoms with Gasteiger partial charge >= 0.3 is 5.97 Å². The number of amides is 2. The third-order valence-corrected chi connectivity index (χ3v) is 3.43. The molecule has 2 rings (SSSR count). The van der Waals surface area contributed by atoms with Gasteiger partial charge in [0.05, 0.1) is 29.1 Å². The molecule has 2 N–H and O–H groups in total. The van der Waals surface area contributed by atoms with Crippen molar-refractivity contribution in [3.05, 3.63) is 24.0 Å². The Kier molecular flexibility index (Phi) is 4.00. The van der Waals surface area contributed by atoms with Crippen LogP contribution in [0.1, 0.15) is 10.4 Å². The van der Waals surface area contributed by atoms with Crippen molar-refractivity contribution in [3.63, 3.8) is 0 Å². The summed E-state index contributed by atoms with van der Waals surface area (Å²) < 4.78 is 0. The summed E-state index contributed by atoms with van der Waals surface area (Å²) in [5, 5.41) is 11.4. The van der Waals surface area contributed by atoms with Crippen molar-refractivity contribution >= 4 is 35.2 Å². The van der Waals surface area contributed by atoms with Gasteiger partial charge in [0, 0.05) is 6.20 Å². The Morgan fingerprint density at radius 1 is 1.53 bits per heavy atom. The van der Waals surface area contributed by atoms with Gasteiger partial charge in [0.25, 0.3) is 0 Å². The first-order chi connectivity index (χ1) is 9.08. The molecule has 1 saturated heterocycles. The number of aromatic nitrogens is 1. The van der Waals surface area contributed by atoms with Crippen LogP contribution in [0.4, 0.5) is 5.69 Å². The molecule has 0 spiro atoms. The van der Waals surface area contributed by atoms with E-state index in [0.717, 1.165) is 0 Å². The van der Waals surface area contributed by atoms with Gasteiger partial charge in [-0.1, -0.05) is 0 Å². The fourth-order valence-corrected chi connectivity index (χ4v) is 2.49. The Balaban J connectivity index is 2.03. The van der Waals surface area contributed by atoms with Crippen LogP contribution in [0.25, 0.3) is 0 Å². The molecule has 100 valence electrons. The van der Waals surface area contributed by atoms with E-state index in [1.54, 1.807) is 0 Å². The maximum atomic E-state index is 11.8. The first kappa shape index (κ1) is 13.3. The summed E-state index contributed by atoms with van der Waals surface area (Å²) in [4.78, 5) is 39.2. The van der Waals surface area contributed by atoms with E-state index in [1.165, 1.54) is 35.1 Å². The van der Waals surface area contributed by atoms with E-state index >= 15 is 0 Å². The number of rotatable bonds is 4. The van der Waals surface area contributed by atoms with Crippen molar-refractivity contribution in [2.45, 2.75) is 0 Å². The van der Waals surface area contributed by atoms with Crippen molar-refractivity contribution in [1.82, 2.24) is 9.88 Å². The summed E-state index contributed by atoms with van der Waals surface area (Å²) in [5.74, 6) is -0.826. The molecule has 7 nitrogen and oxygen atoms in total. The molecule has 8 heteroatoms. The maximum Gasteiger partial charge on any atom is 0.337 e. The molecule has 2 amide bonds. The number of thioether (sulfide) groups is 1. The molecule has 1 aromatic heterocycles. The van der Waals surface area contributed by atoms with Crippen LogP contribution < -0.4 is 5.32 Å². The van der Waals surface area contributed by atoms with E-state index in [-0.39, 0.29) is 23.7 Å². The summed E-state index contributed by atoms with van der Waals surface area (Å²) in [6.07, 6.45) is 2.60. The van der Waals surface area contributed by atoms with Crippen LogP contribution >= 0.6 is 11.8 Å². The number of carbonyl (C=O) groups excluding carboxylic acids is 2. The average Bonchev–Trinajstić information content (AvgIpc) is 2.75. The van der Waals surface area contributed by atoms with Gasteiger partial charge in [0.1, 0.15) is 6.54 Å². The SMILES string of the molecule is O=C(CN1CSCC1=O)Nc1cnccc1C(=O)O. The van der Waals surface area contributed by atoms with Gasteiger partial charge in [-0.2, -0.15) is 0 Å². The minimum atomic E-state index is -1.15. The zero-order valence-electron chi connectivity index (χ0n) is 9.83. The number of hydrogen-bond donors (Lipinski definition) is 2. The van der Waals surface area contributed by atoms with Gasteiger partial charge in [0.2, 0.25) is 11.8 Å². The van der Waals surface area contributed by atoms with Crippen LogP contribution in [0.5, 0.6) is 0 Å². The van der Waals surface area contributed by atoms with E-state index in [1.807, 2.05) is 0 Å². The highest BCUT2D eigenvalue weighted by atomic mass is 32.2. The Morgan fingerprint density at radius 3 is 2.95 bits per heavy atom. The van der Waals surface area contributed by atoms with Crippen molar-refractivity contribution in [2.24, 2.45) is 0 Å². The number of carbonyl (C=O) groups is 3. The van der Waals surface area contributed by atoms with E-state index < -0.39 is 11.9 Å². The average molecular weight is 281 g/mol. The van der Waals surface area contributed by atoms with E-state index in [9.17, 15) is 14.4 Å². The summed E-state index contributed by atoms with van der Waals surface area (Å²) >= 11 is 1.44. The Labute approximate surface area is 113 Å². The minimum absolute atomic E-state index is 0.0366. The van der Waals surface area contributed by atoms with E-state index in [2.05, 4.69) is 10.3 Å². The van der Waals surface area contributed by atoms with Crippen molar-refractivity contribution in [3.8, 4) is 0 Å². The van der Waals surface area contributed by atoms with Gasteiger partial charge in [-0.3, -0.25) is 14.6 Å². The van der Waals surface area contributed by atoms with Crippen molar-refractivity contribution in [2.75, 3.05) is 23.5 Å². The molecule has 2 heterocycles. The fraction of sp³-hybridized carbons (Fsp3) is 0.273. The van der Waals surface area contributed by atoms with Gasteiger partial charge < -0.3 is 15.3 Å². The predicted octanol–water partition coefficient (Wildman–Crippen LogP) is 0.251. The molecule has 0 saturated carbocycles. The number of aromatic carboxylic acids is 1. The molecule has 1 fully saturated rings. The molecule has 19 heavy (non-hydrogen) atoms. The normalized spacial score (nSPS) is 14.5. The minimum Gasteiger partial charge on any atom is -0.478 e. The number of carboxylic acid groups (broad SMARTS) is 1. The lowest BCUT2D eigenvalue weighted by atomic mass is 10.2. The van der Waals surface area contributed by atoms with E-state index in [0.29, 0.717) is 11.6 Å². The zero-order valence-corrected chi connectivity index (χ0v) is 10.6. The van der Waals surface area contributed by atoms with Gasteiger partial charge in [-0.15, -0.1) is 11.8 Å². The van der Waals surface area contributed by atoms with Crippen LogP contribution in [0, 0.1) is 0 Å². The van der Waals surface area contributed by atoms with Gasteiger partial charge in [0.15, 0.2) is 0 Å². The third-order valence-electron chi connectivity index (χ3n) is 2.49. The second-order valence-corrected chi connectivity index (χ2v) is 4.80. The van der Waals surface area contributed by atoms with Crippen LogP contribution in [-0.4, -0.2) is 50.9 Å². The molecule has 1 aliphatic rings. The number of nitrogens with zero attached hydrogens (tertiary/aromatic N) is 2. The highest BCUT2D eigenvalue weighted by Crippen LogP contribution is 2.16. The monoisotopic (exact) mass is 281 g/mol. The largest absolute Gasteiger partial charge is 0.478 e. The van der Waals surface area contributed by atoms with Crippen LogP contribution in [0.2, 0.25) is 0 Å². The van der Waals surface area contributed by atoms with Crippen molar-refractivity contribution in [1.29, 1.82) is 0 Å². The fourth-order valence-electron chi connectivity index (χ4n) is 1.58. The molecule has 0 atom stereocenters. The first-order valence-corrected chi connectivity index (χ1v) is 6.56. The highest BCUT2D eigenvalue weighted by Gasteiger charge is 2.23. The standard InChI is InChI=1S/C11H11N3O4S/c15-9(4-14-6-19-5-10(14)16)13-8-3-12-2-1-7(8)11(17)18/h1-3H,4-6H2,(H,13,15)(H,17,18). The van der Waals surface area contributed by atoms with Crippen LogP contribution in [0.15, 0.2) is 18.5 Å². The number of pyridine rings is 1. The summed E-state index contributed by atoms with van der Waals surface area (Å²) in [7, 11) is 0. The Morgan fingerprint density at radius 2 is 2.32 bits per heavy atom. The second-order valence-electron chi connectivity index (χ2n) is 3.84. The molecule has 0 aliphatic carbocycles. The molecule has 0 aromatic carbocycles. The summed E-state index contributed by atoms with van der Waals surface area (Å²) in [5.41, 5.74) is 0.0878. The molecular weight excluding hydrogens is 270 g/mol. The second kappa shape index (κ2) is 5.70. The molecule has 0 radical (unpaired) electrons. The quantitative estimate of drug-likeness (QED) is 0.820.